The number of hydrogen-bond donors (Lipinski definition) is 0. The summed E-state index contributed by atoms with van der Waals surface area (Å²) in [4.78, 5) is 5.59. The van der Waals surface area contributed by atoms with Crippen LogP contribution >= 0.6 is 0 Å². The van der Waals surface area contributed by atoms with E-state index in [4.69, 9.17) is 4.84 Å². The smallest absolute Gasteiger partial charge is 0.136 e. The monoisotopic (exact) mass is 267 g/mol. The van der Waals surface area contributed by atoms with Crippen LogP contribution in [0.15, 0.2) is 29.4 Å². The minimum atomic E-state index is 0.322. The molecule has 0 spiro atoms. The van der Waals surface area contributed by atoms with Crippen molar-refractivity contribution in [3.8, 4) is 11.8 Å². The first kappa shape index (κ1) is 13.2. The maximum absolute atomic E-state index is 5.59. The fraction of sp³-hybridized carbons (Fsp3) is 0.500. The Labute approximate surface area is 121 Å². The molecule has 1 aliphatic heterocycles. The van der Waals surface area contributed by atoms with Gasteiger partial charge in [-0.3, -0.25) is 0 Å². The highest BCUT2D eigenvalue weighted by molar-refractivity contribution is 6.03. The second-order valence-corrected chi connectivity index (χ2v) is 5.64. The first-order valence-corrected chi connectivity index (χ1v) is 7.71. The summed E-state index contributed by atoms with van der Waals surface area (Å²) in [7, 11) is 0. The molecule has 0 saturated heterocycles. The molecule has 104 valence electrons. The summed E-state index contributed by atoms with van der Waals surface area (Å²) in [6.45, 7) is 2.15. The van der Waals surface area contributed by atoms with Crippen LogP contribution in [-0.4, -0.2) is 11.8 Å². The van der Waals surface area contributed by atoms with E-state index in [0.717, 1.165) is 30.5 Å². The molecule has 1 aromatic carbocycles. The second-order valence-electron chi connectivity index (χ2n) is 5.64. The van der Waals surface area contributed by atoms with Crippen LogP contribution in [0.4, 0.5) is 0 Å². The summed E-state index contributed by atoms with van der Waals surface area (Å²) in [6.07, 6.45) is 7.33. The largest absolute Gasteiger partial charge is 0.392 e. The number of nitrogens with zero attached hydrogens (tertiary/aromatic N) is 1. The van der Waals surface area contributed by atoms with Crippen LogP contribution in [0.1, 0.15) is 56.6 Å². The van der Waals surface area contributed by atoms with Gasteiger partial charge in [0.1, 0.15) is 6.10 Å². The summed E-state index contributed by atoms with van der Waals surface area (Å²) >= 11 is 0. The van der Waals surface area contributed by atoms with Gasteiger partial charge in [-0.15, -0.1) is 0 Å². The van der Waals surface area contributed by atoms with Crippen molar-refractivity contribution in [3.63, 3.8) is 0 Å². The van der Waals surface area contributed by atoms with Crippen molar-refractivity contribution in [3.05, 3.63) is 35.4 Å². The van der Waals surface area contributed by atoms with Crippen LogP contribution in [0.5, 0.6) is 0 Å². The van der Waals surface area contributed by atoms with E-state index >= 15 is 0 Å². The fourth-order valence-corrected chi connectivity index (χ4v) is 3.01. The maximum Gasteiger partial charge on any atom is 0.136 e. The van der Waals surface area contributed by atoms with Gasteiger partial charge in [0.05, 0.1) is 5.71 Å². The number of oxime groups is 1. The van der Waals surface area contributed by atoms with Crippen LogP contribution in [0.25, 0.3) is 0 Å². The van der Waals surface area contributed by atoms with Gasteiger partial charge >= 0.3 is 0 Å². The Balaban J connectivity index is 1.73. The molecule has 2 atom stereocenters. The van der Waals surface area contributed by atoms with Crippen LogP contribution < -0.4 is 0 Å². The Morgan fingerprint density at radius 1 is 1.20 bits per heavy atom. The van der Waals surface area contributed by atoms with Gasteiger partial charge in [-0.1, -0.05) is 42.5 Å². The van der Waals surface area contributed by atoms with Crippen molar-refractivity contribution in [2.75, 3.05) is 0 Å². The molecule has 1 fully saturated rings. The van der Waals surface area contributed by atoms with E-state index in [0.29, 0.717) is 12.0 Å². The zero-order valence-corrected chi connectivity index (χ0v) is 12.1. The van der Waals surface area contributed by atoms with E-state index in [1.54, 1.807) is 0 Å². The Hall–Kier alpha value is -1.75. The molecule has 1 heterocycles. The SMILES string of the molecule is CCCC#Cc1ccc(C2=NOC3CCCCC23)cc1. The second kappa shape index (κ2) is 6.13. The van der Waals surface area contributed by atoms with Gasteiger partial charge in [0.25, 0.3) is 0 Å². The topological polar surface area (TPSA) is 21.6 Å². The summed E-state index contributed by atoms with van der Waals surface area (Å²) in [6, 6.07) is 8.46. The molecule has 2 aliphatic rings. The molecule has 3 rings (SSSR count). The van der Waals surface area contributed by atoms with Gasteiger partial charge in [0.15, 0.2) is 0 Å². The minimum Gasteiger partial charge on any atom is -0.392 e. The molecule has 0 N–H and O–H groups in total. The van der Waals surface area contributed by atoms with E-state index in [1.807, 2.05) is 0 Å². The predicted octanol–water partition coefficient (Wildman–Crippen LogP) is 4.13. The molecule has 2 unspecified atom stereocenters. The van der Waals surface area contributed by atoms with Gasteiger partial charge in [-0.2, -0.15) is 0 Å². The van der Waals surface area contributed by atoms with Crippen molar-refractivity contribution >= 4 is 5.71 Å². The number of benzene rings is 1. The zero-order valence-electron chi connectivity index (χ0n) is 12.1. The molecule has 1 saturated carbocycles. The lowest BCUT2D eigenvalue weighted by atomic mass is 9.81. The molecule has 0 aromatic heterocycles. The van der Waals surface area contributed by atoms with Crippen LogP contribution in [0.3, 0.4) is 0 Å². The third-order valence-corrected chi connectivity index (χ3v) is 4.13. The molecule has 1 aromatic rings. The fourth-order valence-electron chi connectivity index (χ4n) is 3.01. The molecule has 20 heavy (non-hydrogen) atoms. The Morgan fingerprint density at radius 3 is 2.80 bits per heavy atom. The van der Waals surface area contributed by atoms with Crippen LogP contribution in [0, 0.1) is 17.8 Å². The number of unbranched alkanes of at least 4 members (excludes halogenated alkanes) is 1. The zero-order chi connectivity index (χ0) is 13.8. The predicted molar refractivity (Wildman–Crippen MR) is 81.6 cm³/mol. The van der Waals surface area contributed by atoms with Crippen molar-refractivity contribution in [1.82, 2.24) is 0 Å². The maximum atomic E-state index is 5.59. The lowest BCUT2D eigenvalue weighted by Gasteiger charge is -2.23. The van der Waals surface area contributed by atoms with Crippen LogP contribution in [-0.2, 0) is 4.84 Å². The van der Waals surface area contributed by atoms with Gasteiger partial charge in [-0.25, -0.2) is 0 Å². The summed E-state index contributed by atoms with van der Waals surface area (Å²) in [5.74, 6) is 6.88. The quantitative estimate of drug-likeness (QED) is 0.738. The average Bonchev–Trinajstić information content (AvgIpc) is 2.92. The lowest BCUT2D eigenvalue weighted by Crippen LogP contribution is -2.27. The molecule has 0 bridgehead atoms. The highest BCUT2D eigenvalue weighted by Gasteiger charge is 2.36. The molecule has 1 aliphatic carbocycles. The van der Waals surface area contributed by atoms with Crippen molar-refractivity contribution in [2.24, 2.45) is 11.1 Å². The van der Waals surface area contributed by atoms with Crippen molar-refractivity contribution < 1.29 is 4.84 Å². The summed E-state index contributed by atoms with van der Waals surface area (Å²) < 4.78 is 0. The van der Waals surface area contributed by atoms with E-state index in [2.05, 4.69) is 48.2 Å². The first-order valence-electron chi connectivity index (χ1n) is 7.71. The molecule has 0 radical (unpaired) electrons. The van der Waals surface area contributed by atoms with E-state index in [-0.39, 0.29) is 0 Å². The highest BCUT2D eigenvalue weighted by atomic mass is 16.6. The highest BCUT2D eigenvalue weighted by Crippen LogP contribution is 2.34. The van der Waals surface area contributed by atoms with E-state index in [1.165, 1.54) is 24.8 Å². The van der Waals surface area contributed by atoms with Gasteiger partial charge < -0.3 is 4.84 Å². The lowest BCUT2D eigenvalue weighted by molar-refractivity contribution is 0.0397. The first-order chi connectivity index (χ1) is 9.88. The van der Waals surface area contributed by atoms with Gasteiger partial charge in [-0.05, 0) is 43.4 Å². The third-order valence-electron chi connectivity index (χ3n) is 4.13. The van der Waals surface area contributed by atoms with Crippen molar-refractivity contribution in [2.45, 2.75) is 51.6 Å². The van der Waals surface area contributed by atoms with E-state index in [9.17, 15) is 0 Å². The normalized spacial score (nSPS) is 24.1. The van der Waals surface area contributed by atoms with Crippen molar-refractivity contribution in [1.29, 1.82) is 0 Å². The summed E-state index contributed by atoms with van der Waals surface area (Å²) in [5, 5.41) is 4.34. The number of hydrogen-bond acceptors (Lipinski definition) is 2. The molecule has 0 amide bonds. The van der Waals surface area contributed by atoms with E-state index < -0.39 is 0 Å². The Morgan fingerprint density at radius 2 is 2.00 bits per heavy atom. The number of fused-ring (bicyclic) bond motifs is 1. The molecular weight excluding hydrogens is 246 g/mol. The Kier molecular flexibility index (Phi) is 4.06. The Bertz CT molecular complexity index is 547. The average molecular weight is 267 g/mol. The molecule has 2 heteroatoms. The minimum absolute atomic E-state index is 0.322. The summed E-state index contributed by atoms with van der Waals surface area (Å²) in [5.41, 5.74) is 3.42. The van der Waals surface area contributed by atoms with Gasteiger partial charge in [0.2, 0.25) is 0 Å². The standard InChI is InChI=1S/C18H21NO/c1-2-3-4-7-14-10-12-15(13-11-14)18-16-8-5-6-9-17(16)20-19-18/h10-13,16-17H,2-3,5-6,8-9H2,1H3. The number of rotatable bonds is 2. The molecule has 2 nitrogen and oxygen atoms in total. The van der Waals surface area contributed by atoms with Gasteiger partial charge in [0, 0.05) is 17.9 Å². The molecular formula is C18H21NO. The third kappa shape index (κ3) is 2.72. The van der Waals surface area contributed by atoms with Crippen LogP contribution in [0.2, 0.25) is 0 Å².